The van der Waals surface area contributed by atoms with Crippen molar-refractivity contribution < 1.29 is 17.9 Å². The SMILES string of the molecule is CC(C)(C)OC(=O)n1c(-c2cncc(CNS(C)(=O)=O)c2)cc2ccc(Cl)cc21. The fourth-order valence-electron chi connectivity index (χ4n) is 2.83. The van der Waals surface area contributed by atoms with Crippen molar-refractivity contribution in [3.63, 3.8) is 0 Å². The molecule has 0 unspecified atom stereocenters. The maximum absolute atomic E-state index is 13.0. The number of carbonyl (C=O) groups excluding carboxylic acids is 1. The largest absolute Gasteiger partial charge is 0.443 e. The van der Waals surface area contributed by atoms with Crippen LogP contribution in [0.3, 0.4) is 0 Å². The second-order valence-corrected chi connectivity index (χ2v) is 9.99. The van der Waals surface area contributed by atoms with Gasteiger partial charge in [-0.15, -0.1) is 0 Å². The number of nitrogens with one attached hydrogen (secondary N) is 1. The van der Waals surface area contributed by atoms with Crippen molar-refractivity contribution in [2.75, 3.05) is 6.26 Å². The third kappa shape index (κ3) is 5.35. The number of benzene rings is 1. The fourth-order valence-corrected chi connectivity index (χ4v) is 3.42. The number of halogens is 1. The van der Waals surface area contributed by atoms with Crippen LogP contribution in [-0.4, -0.2) is 35.9 Å². The van der Waals surface area contributed by atoms with Gasteiger partial charge in [0.15, 0.2) is 0 Å². The average Bonchev–Trinajstić information content (AvgIpc) is 2.97. The van der Waals surface area contributed by atoms with Crippen molar-refractivity contribution in [2.45, 2.75) is 32.9 Å². The first-order chi connectivity index (χ1) is 13.4. The van der Waals surface area contributed by atoms with Crippen LogP contribution in [0.4, 0.5) is 4.79 Å². The lowest BCUT2D eigenvalue weighted by Crippen LogP contribution is -2.27. The molecule has 3 aromatic rings. The molecule has 0 spiro atoms. The zero-order valence-electron chi connectivity index (χ0n) is 16.6. The van der Waals surface area contributed by atoms with E-state index in [0.29, 0.717) is 27.4 Å². The van der Waals surface area contributed by atoms with Gasteiger partial charge in [-0.3, -0.25) is 4.98 Å². The maximum Gasteiger partial charge on any atom is 0.419 e. The molecule has 9 heteroatoms. The molecule has 29 heavy (non-hydrogen) atoms. The van der Waals surface area contributed by atoms with Gasteiger partial charge in [0.05, 0.1) is 17.5 Å². The fraction of sp³-hybridized carbons (Fsp3) is 0.300. The van der Waals surface area contributed by atoms with E-state index < -0.39 is 21.7 Å². The number of fused-ring (bicyclic) bond motifs is 1. The molecule has 3 rings (SSSR count). The topological polar surface area (TPSA) is 90.3 Å². The highest BCUT2D eigenvalue weighted by Gasteiger charge is 2.23. The molecule has 0 radical (unpaired) electrons. The molecule has 0 bridgehead atoms. The number of hydrogen-bond acceptors (Lipinski definition) is 5. The summed E-state index contributed by atoms with van der Waals surface area (Å²) in [6, 6.07) is 8.90. The first-order valence-electron chi connectivity index (χ1n) is 8.86. The van der Waals surface area contributed by atoms with Crippen molar-refractivity contribution in [1.29, 1.82) is 0 Å². The van der Waals surface area contributed by atoms with Crippen LogP contribution in [0.5, 0.6) is 0 Å². The highest BCUT2D eigenvalue weighted by Crippen LogP contribution is 2.31. The quantitative estimate of drug-likeness (QED) is 0.663. The predicted molar refractivity (Wildman–Crippen MR) is 113 cm³/mol. The van der Waals surface area contributed by atoms with Crippen LogP contribution in [0.2, 0.25) is 5.02 Å². The molecule has 0 saturated heterocycles. The molecule has 0 saturated carbocycles. The summed E-state index contributed by atoms with van der Waals surface area (Å²) >= 11 is 6.15. The summed E-state index contributed by atoms with van der Waals surface area (Å²) in [5.41, 5.74) is 1.82. The Morgan fingerprint density at radius 1 is 1.21 bits per heavy atom. The summed E-state index contributed by atoms with van der Waals surface area (Å²) in [5.74, 6) is 0. The molecule has 0 aliphatic heterocycles. The molecule has 0 aliphatic rings. The van der Waals surface area contributed by atoms with E-state index in [0.717, 1.165) is 11.6 Å². The van der Waals surface area contributed by atoms with Crippen molar-refractivity contribution in [3.8, 4) is 11.3 Å². The third-order valence-electron chi connectivity index (χ3n) is 3.97. The molecule has 7 nitrogen and oxygen atoms in total. The molecule has 0 atom stereocenters. The first-order valence-corrected chi connectivity index (χ1v) is 11.1. The normalized spacial score (nSPS) is 12.3. The van der Waals surface area contributed by atoms with Gasteiger partial charge in [-0.05, 0) is 50.6 Å². The molecule has 1 N–H and O–H groups in total. The van der Waals surface area contributed by atoms with Crippen LogP contribution in [-0.2, 0) is 21.3 Å². The molecule has 2 heterocycles. The molecule has 0 amide bonds. The molecule has 1 aromatic carbocycles. The summed E-state index contributed by atoms with van der Waals surface area (Å²) in [7, 11) is -3.34. The Bertz CT molecular complexity index is 1180. The number of carbonyl (C=O) groups is 1. The van der Waals surface area contributed by atoms with E-state index in [1.165, 1.54) is 4.57 Å². The molecular formula is C20H22ClN3O4S. The maximum atomic E-state index is 13.0. The van der Waals surface area contributed by atoms with Crippen molar-refractivity contribution in [2.24, 2.45) is 0 Å². The number of pyridine rings is 1. The lowest BCUT2D eigenvalue weighted by Gasteiger charge is -2.21. The number of ether oxygens (including phenoxy) is 1. The van der Waals surface area contributed by atoms with E-state index in [1.54, 1.807) is 51.4 Å². The van der Waals surface area contributed by atoms with E-state index in [2.05, 4.69) is 9.71 Å². The van der Waals surface area contributed by atoms with Crippen LogP contribution in [0.15, 0.2) is 42.7 Å². The van der Waals surface area contributed by atoms with E-state index in [9.17, 15) is 13.2 Å². The molecule has 0 fully saturated rings. The molecular weight excluding hydrogens is 414 g/mol. The second kappa shape index (κ2) is 7.78. The second-order valence-electron chi connectivity index (χ2n) is 7.72. The lowest BCUT2D eigenvalue weighted by atomic mass is 10.1. The van der Waals surface area contributed by atoms with Gasteiger partial charge in [0.25, 0.3) is 0 Å². The van der Waals surface area contributed by atoms with Gasteiger partial charge < -0.3 is 4.74 Å². The zero-order chi connectivity index (χ0) is 21.4. The Labute approximate surface area is 174 Å². The van der Waals surface area contributed by atoms with E-state index >= 15 is 0 Å². The number of hydrogen-bond donors (Lipinski definition) is 1. The summed E-state index contributed by atoms with van der Waals surface area (Å²) < 4.78 is 32.2. The average molecular weight is 436 g/mol. The number of rotatable bonds is 4. The summed E-state index contributed by atoms with van der Waals surface area (Å²) in [5, 5.41) is 1.31. The van der Waals surface area contributed by atoms with Crippen molar-refractivity contribution in [3.05, 3.63) is 53.3 Å². The minimum atomic E-state index is -3.34. The minimum absolute atomic E-state index is 0.0954. The zero-order valence-corrected chi connectivity index (χ0v) is 18.1. The van der Waals surface area contributed by atoms with Gasteiger partial charge in [0, 0.05) is 34.9 Å². The van der Waals surface area contributed by atoms with Gasteiger partial charge >= 0.3 is 6.09 Å². The molecule has 154 valence electrons. The van der Waals surface area contributed by atoms with Gasteiger partial charge in [0.1, 0.15) is 5.60 Å². The molecule has 0 aliphatic carbocycles. The van der Waals surface area contributed by atoms with Gasteiger partial charge in [-0.2, -0.15) is 0 Å². The third-order valence-corrected chi connectivity index (χ3v) is 4.88. The van der Waals surface area contributed by atoms with Crippen LogP contribution in [0.1, 0.15) is 26.3 Å². The van der Waals surface area contributed by atoms with Gasteiger partial charge in [-0.1, -0.05) is 17.7 Å². The Hall–Kier alpha value is -2.42. The van der Waals surface area contributed by atoms with Crippen LogP contribution in [0, 0.1) is 0 Å². The van der Waals surface area contributed by atoms with E-state index in [1.807, 2.05) is 12.1 Å². The number of sulfonamides is 1. The summed E-state index contributed by atoms with van der Waals surface area (Å²) in [6.45, 7) is 5.48. The van der Waals surface area contributed by atoms with Gasteiger partial charge in [-0.25, -0.2) is 22.5 Å². The molecule has 2 aromatic heterocycles. The van der Waals surface area contributed by atoms with E-state index in [-0.39, 0.29) is 6.54 Å². The summed E-state index contributed by atoms with van der Waals surface area (Å²) in [6.07, 6.45) is 3.73. The number of aromatic nitrogens is 2. The van der Waals surface area contributed by atoms with Gasteiger partial charge in [0.2, 0.25) is 10.0 Å². The van der Waals surface area contributed by atoms with Crippen LogP contribution < -0.4 is 4.72 Å². The summed E-state index contributed by atoms with van der Waals surface area (Å²) in [4.78, 5) is 17.2. The van der Waals surface area contributed by atoms with Crippen molar-refractivity contribution >= 4 is 38.6 Å². The number of nitrogens with zero attached hydrogens (tertiary/aromatic N) is 2. The van der Waals surface area contributed by atoms with E-state index in [4.69, 9.17) is 16.3 Å². The standard InChI is InChI=1S/C20H22ClN3O4S/c1-20(2,3)28-19(25)24-17(8-14-5-6-16(21)9-18(14)24)15-7-13(10-22-12-15)11-23-29(4,26)27/h5-10,12,23H,11H2,1-4H3. The van der Waals surface area contributed by atoms with Crippen molar-refractivity contribution in [1.82, 2.24) is 14.3 Å². The Balaban J connectivity index is 2.12. The Morgan fingerprint density at radius 2 is 1.93 bits per heavy atom. The first kappa shape index (κ1) is 21.3. The highest BCUT2D eigenvalue weighted by molar-refractivity contribution is 7.88. The van der Waals surface area contributed by atoms with Crippen LogP contribution in [0.25, 0.3) is 22.2 Å². The predicted octanol–water partition coefficient (Wildman–Crippen LogP) is 4.19. The minimum Gasteiger partial charge on any atom is -0.443 e. The highest BCUT2D eigenvalue weighted by atomic mass is 35.5. The lowest BCUT2D eigenvalue weighted by molar-refractivity contribution is 0.0547. The smallest absolute Gasteiger partial charge is 0.419 e. The Morgan fingerprint density at radius 3 is 2.59 bits per heavy atom. The Kier molecular flexibility index (Phi) is 5.71. The van der Waals surface area contributed by atoms with Crippen LogP contribution >= 0.6 is 11.6 Å². The monoisotopic (exact) mass is 435 g/mol.